The van der Waals surface area contributed by atoms with E-state index in [1.807, 2.05) is 30.3 Å². The number of ketones is 1. The van der Waals surface area contributed by atoms with Crippen molar-refractivity contribution < 1.29 is 14.3 Å². The van der Waals surface area contributed by atoms with Gasteiger partial charge in [0.15, 0.2) is 0 Å². The molecule has 0 amide bonds. The molecule has 3 aliphatic rings. The molecule has 0 saturated heterocycles. The number of fused-ring (bicyclic) bond motifs is 1. The van der Waals surface area contributed by atoms with E-state index in [2.05, 4.69) is 0 Å². The van der Waals surface area contributed by atoms with E-state index in [0.29, 0.717) is 11.8 Å². The Morgan fingerprint density at radius 3 is 2.79 bits per heavy atom. The van der Waals surface area contributed by atoms with Gasteiger partial charge in [0, 0.05) is 6.42 Å². The van der Waals surface area contributed by atoms with Crippen LogP contribution in [0.3, 0.4) is 0 Å². The monoisotopic (exact) mass is 326 g/mol. The molecular weight excluding hydrogens is 300 g/mol. The summed E-state index contributed by atoms with van der Waals surface area (Å²) in [6.45, 7) is 0.183. The first kappa shape index (κ1) is 15.9. The van der Waals surface area contributed by atoms with E-state index in [1.165, 1.54) is 38.5 Å². The van der Waals surface area contributed by atoms with Gasteiger partial charge in [-0.2, -0.15) is 0 Å². The summed E-state index contributed by atoms with van der Waals surface area (Å²) in [4.78, 5) is 24.1. The van der Waals surface area contributed by atoms with Crippen molar-refractivity contribution in [1.82, 2.24) is 0 Å². The number of benzene rings is 1. The summed E-state index contributed by atoms with van der Waals surface area (Å²) >= 11 is 0. The lowest BCUT2D eigenvalue weighted by Crippen LogP contribution is -2.54. The van der Waals surface area contributed by atoms with Gasteiger partial charge >= 0.3 is 5.97 Å². The largest absolute Gasteiger partial charge is 0.455 e. The fraction of sp³-hybridized carbons (Fsp3) is 0.619. The zero-order valence-electron chi connectivity index (χ0n) is 14.2. The summed E-state index contributed by atoms with van der Waals surface area (Å²) in [5, 5.41) is 0. The number of ether oxygens (including phenoxy) is 1. The Bertz CT molecular complexity index is 619. The summed E-state index contributed by atoms with van der Waals surface area (Å²) in [6, 6.07) is 9.51. The summed E-state index contributed by atoms with van der Waals surface area (Å²) < 4.78 is 5.17. The van der Waals surface area contributed by atoms with Crippen LogP contribution in [0.25, 0.3) is 0 Å². The second-order valence-electron chi connectivity index (χ2n) is 8.14. The van der Waals surface area contributed by atoms with Crippen molar-refractivity contribution in [2.45, 2.75) is 58.0 Å². The van der Waals surface area contributed by atoms with Gasteiger partial charge in [-0.05, 0) is 67.3 Å². The average Bonchev–Trinajstić information content (AvgIpc) is 2.59. The molecule has 24 heavy (non-hydrogen) atoms. The van der Waals surface area contributed by atoms with E-state index in [9.17, 15) is 9.59 Å². The maximum absolute atomic E-state index is 12.2. The number of carbonyl (C=O) groups excluding carboxylic acids is 2. The quantitative estimate of drug-likeness (QED) is 0.578. The van der Waals surface area contributed by atoms with Gasteiger partial charge in [0.2, 0.25) is 5.78 Å². The predicted octanol–water partition coefficient (Wildman–Crippen LogP) is 4.30. The Morgan fingerprint density at radius 2 is 1.96 bits per heavy atom. The van der Waals surface area contributed by atoms with Crippen LogP contribution in [0.5, 0.6) is 0 Å². The van der Waals surface area contributed by atoms with Gasteiger partial charge in [0.25, 0.3) is 0 Å². The highest BCUT2D eigenvalue weighted by molar-refractivity contribution is 6.33. The van der Waals surface area contributed by atoms with Crippen LogP contribution in [0.4, 0.5) is 0 Å². The van der Waals surface area contributed by atoms with Crippen molar-refractivity contribution >= 4 is 11.8 Å². The minimum Gasteiger partial charge on any atom is -0.455 e. The number of esters is 1. The molecule has 3 fully saturated rings. The highest BCUT2D eigenvalue weighted by Crippen LogP contribution is 2.66. The molecule has 4 unspecified atom stereocenters. The summed E-state index contributed by atoms with van der Waals surface area (Å²) in [5.41, 5.74) is 1.29. The van der Waals surface area contributed by atoms with Crippen molar-refractivity contribution in [2.24, 2.45) is 23.2 Å². The Balaban J connectivity index is 1.27. The fourth-order valence-electron chi connectivity index (χ4n) is 5.55. The SMILES string of the molecule is O=C(CCC12CCC3CCC(C1)C2C3)C(=O)OCc1ccccc1. The molecule has 3 heteroatoms. The third kappa shape index (κ3) is 2.89. The van der Waals surface area contributed by atoms with Gasteiger partial charge in [0.05, 0.1) is 0 Å². The van der Waals surface area contributed by atoms with Gasteiger partial charge in [-0.1, -0.05) is 36.8 Å². The lowest BCUT2D eigenvalue weighted by molar-refractivity contribution is -0.157. The normalized spacial score (nSPS) is 33.4. The zero-order chi connectivity index (χ0) is 16.6. The van der Waals surface area contributed by atoms with Crippen LogP contribution in [-0.2, 0) is 20.9 Å². The van der Waals surface area contributed by atoms with Crippen molar-refractivity contribution in [3.05, 3.63) is 35.9 Å². The Kier molecular flexibility index (Phi) is 4.19. The first-order chi connectivity index (χ1) is 11.7. The summed E-state index contributed by atoms with van der Waals surface area (Å²) in [7, 11) is 0. The Labute approximate surface area is 143 Å². The standard InChI is InChI=1S/C21H26O3/c22-19(20(23)24-14-16-4-2-1-3-5-16)9-11-21-10-8-15-6-7-17(13-21)18(21)12-15/h1-5,15,17-18H,6-14H2. The van der Waals surface area contributed by atoms with Crippen LogP contribution in [0.2, 0.25) is 0 Å². The first-order valence-electron chi connectivity index (χ1n) is 9.40. The minimum atomic E-state index is -0.663. The number of Topliss-reactive ketones (excluding diaryl/α,β-unsaturated/α-hetero) is 1. The van der Waals surface area contributed by atoms with Crippen LogP contribution >= 0.6 is 0 Å². The second kappa shape index (κ2) is 6.34. The molecule has 0 aromatic heterocycles. The van der Waals surface area contributed by atoms with E-state index in [1.54, 1.807) is 0 Å². The van der Waals surface area contributed by atoms with Crippen molar-refractivity contribution in [2.75, 3.05) is 0 Å². The summed E-state index contributed by atoms with van der Waals surface area (Å²) in [5.74, 6) is 1.66. The number of hydrogen-bond donors (Lipinski definition) is 0. The van der Waals surface area contributed by atoms with Crippen LogP contribution < -0.4 is 0 Å². The lowest BCUT2D eigenvalue weighted by atomic mass is 9.42. The molecule has 4 rings (SSSR count). The van der Waals surface area contributed by atoms with E-state index in [0.717, 1.165) is 29.7 Å². The molecule has 0 N–H and O–H groups in total. The maximum atomic E-state index is 12.2. The smallest absolute Gasteiger partial charge is 0.374 e. The molecule has 0 aliphatic heterocycles. The molecule has 3 aliphatic carbocycles. The maximum Gasteiger partial charge on any atom is 0.374 e. The highest BCUT2D eigenvalue weighted by Gasteiger charge is 2.57. The average molecular weight is 326 g/mol. The third-order valence-electron chi connectivity index (χ3n) is 6.90. The van der Waals surface area contributed by atoms with Crippen LogP contribution in [0, 0.1) is 23.2 Å². The molecule has 0 radical (unpaired) electrons. The number of hydrogen-bond acceptors (Lipinski definition) is 3. The minimum absolute atomic E-state index is 0.183. The van der Waals surface area contributed by atoms with Gasteiger partial charge in [-0.15, -0.1) is 0 Å². The molecule has 0 spiro atoms. The molecule has 1 aromatic rings. The molecule has 128 valence electrons. The third-order valence-corrected chi connectivity index (χ3v) is 6.90. The van der Waals surface area contributed by atoms with E-state index < -0.39 is 5.97 Å². The molecular formula is C21H26O3. The van der Waals surface area contributed by atoms with E-state index in [-0.39, 0.29) is 12.4 Å². The predicted molar refractivity (Wildman–Crippen MR) is 91.1 cm³/mol. The lowest BCUT2D eigenvalue weighted by Gasteiger charge is -2.63. The van der Waals surface area contributed by atoms with Crippen LogP contribution in [-0.4, -0.2) is 11.8 Å². The van der Waals surface area contributed by atoms with Crippen molar-refractivity contribution in [1.29, 1.82) is 0 Å². The van der Waals surface area contributed by atoms with E-state index in [4.69, 9.17) is 4.74 Å². The van der Waals surface area contributed by atoms with Gasteiger partial charge < -0.3 is 4.74 Å². The van der Waals surface area contributed by atoms with Crippen LogP contribution in [0.15, 0.2) is 30.3 Å². The van der Waals surface area contributed by atoms with Gasteiger partial charge in [-0.3, -0.25) is 4.79 Å². The van der Waals surface area contributed by atoms with E-state index >= 15 is 0 Å². The summed E-state index contributed by atoms with van der Waals surface area (Å²) in [6.07, 6.45) is 9.32. The molecule has 3 nitrogen and oxygen atoms in total. The Morgan fingerprint density at radius 1 is 1.12 bits per heavy atom. The number of carbonyl (C=O) groups is 2. The molecule has 4 atom stereocenters. The molecule has 3 saturated carbocycles. The number of rotatable bonds is 6. The first-order valence-corrected chi connectivity index (χ1v) is 9.40. The Hall–Kier alpha value is -1.64. The second-order valence-corrected chi connectivity index (χ2v) is 8.14. The molecule has 0 heterocycles. The van der Waals surface area contributed by atoms with Gasteiger partial charge in [0.1, 0.15) is 6.61 Å². The highest BCUT2D eigenvalue weighted by atomic mass is 16.5. The molecule has 2 bridgehead atoms. The van der Waals surface area contributed by atoms with Crippen molar-refractivity contribution in [3.63, 3.8) is 0 Å². The van der Waals surface area contributed by atoms with Crippen molar-refractivity contribution in [3.8, 4) is 0 Å². The molecule has 1 aromatic carbocycles. The van der Waals surface area contributed by atoms with Crippen LogP contribution in [0.1, 0.15) is 56.9 Å². The van der Waals surface area contributed by atoms with Gasteiger partial charge in [-0.25, -0.2) is 4.79 Å². The fourth-order valence-corrected chi connectivity index (χ4v) is 5.55. The zero-order valence-corrected chi connectivity index (χ0v) is 14.2. The topological polar surface area (TPSA) is 43.4 Å².